The second-order valence-electron chi connectivity index (χ2n) is 5.60. The Morgan fingerprint density at radius 3 is 2.50 bits per heavy atom. The molecule has 3 heteroatoms. The number of hydrogen-bond donors (Lipinski definition) is 1. The van der Waals surface area contributed by atoms with Crippen LogP contribution in [0, 0.1) is 12.3 Å². The number of carbonyl (C=O) groups is 1. The molecule has 0 unspecified atom stereocenters. The molecule has 1 N–H and O–H groups in total. The third-order valence-electron chi connectivity index (χ3n) is 3.40. The van der Waals surface area contributed by atoms with Crippen molar-refractivity contribution in [2.75, 3.05) is 13.6 Å². The van der Waals surface area contributed by atoms with Crippen LogP contribution in [-0.4, -0.2) is 29.6 Å². The molecule has 0 bridgehead atoms. The van der Waals surface area contributed by atoms with Crippen LogP contribution in [0.5, 0.6) is 0 Å². The van der Waals surface area contributed by atoms with E-state index in [0.717, 1.165) is 13.1 Å². The van der Waals surface area contributed by atoms with Gasteiger partial charge in [-0.3, -0.25) is 4.79 Å². The molecular weight excluding hydrogens is 226 g/mol. The maximum Gasteiger partial charge on any atom is 0.309 e. The van der Waals surface area contributed by atoms with Gasteiger partial charge in [0.2, 0.25) is 0 Å². The standard InChI is InChI=1S/C15H23NO2/c1-12-7-5-6-8-13(12)11-16(4)10-9-15(2,3)14(17)18/h5-8H,9-11H2,1-4H3,(H,17,18). The minimum atomic E-state index is -0.730. The van der Waals surface area contributed by atoms with Crippen LogP contribution in [0.2, 0.25) is 0 Å². The van der Waals surface area contributed by atoms with Crippen molar-refractivity contribution in [1.82, 2.24) is 4.90 Å². The topological polar surface area (TPSA) is 40.5 Å². The Bertz CT molecular complexity index is 413. The molecule has 0 aromatic heterocycles. The Kier molecular flexibility index (Phi) is 4.91. The van der Waals surface area contributed by atoms with Crippen molar-refractivity contribution in [3.8, 4) is 0 Å². The van der Waals surface area contributed by atoms with Crippen LogP contribution in [-0.2, 0) is 11.3 Å². The molecule has 100 valence electrons. The molecule has 1 aromatic carbocycles. The van der Waals surface area contributed by atoms with Crippen molar-refractivity contribution in [1.29, 1.82) is 0 Å². The number of aryl methyl sites for hydroxylation is 1. The van der Waals surface area contributed by atoms with Gasteiger partial charge in [-0.25, -0.2) is 0 Å². The van der Waals surface area contributed by atoms with Gasteiger partial charge < -0.3 is 10.0 Å². The highest BCUT2D eigenvalue weighted by Gasteiger charge is 2.26. The normalized spacial score (nSPS) is 11.8. The van der Waals surface area contributed by atoms with Crippen molar-refractivity contribution in [2.45, 2.75) is 33.7 Å². The Hall–Kier alpha value is -1.35. The summed E-state index contributed by atoms with van der Waals surface area (Å²) < 4.78 is 0. The largest absolute Gasteiger partial charge is 0.481 e. The molecule has 0 atom stereocenters. The van der Waals surface area contributed by atoms with E-state index in [2.05, 4.69) is 24.0 Å². The molecule has 0 radical (unpaired) electrons. The number of aliphatic carboxylic acids is 1. The molecule has 0 aliphatic heterocycles. The molecule has 0 fully saturated rings. The second kappa shape index (κ2) is 6.01. The first-order valence-corrected chi connectivity index (χ1v) is 6.29. The number of nitrogens with zero attached hydrogens (tertiary/aromatic N) is 1. The van der Waals surface area contributed by atoms with Crippen molar-refractivity contribution in [2.24, 2.45) is 5.41 Å². The molecule has 0 saturated carbocycles. The molecular formula is C15H23NO2. The van der Waals surface area contributed by atoms with Gasteiger partial charge in [0, 0.05) is 6.54 Å². The zero-order valence-corrected chi connectivity index (χ0v) is 11.7. The van der Waals surface area contributed by atoms with Crippen LogP contribution in [0.25, 0.3) is 0 Å². The lowest BCUT2D eigenvalue weighted by molar-refractivity contribution is -0.147. The molecule has 0 saturated heterocycles. The number of rotatable bonds is 6. The summed E-state index contributed by atoms with van der Waals surface area (Å²) in [4.78, 5) is 13.2. The highest BCUT2D eigenvalue weighted by molar-refractivity contribution is 5.73. The van der Waals surface area contributed by atoms with E-state index in [0.29, 0.717) is 6.42 Å². The lowest BCUT2D eigenvalue weighted by Crippen LogP contribution is -2.30. The van der Waals surface area contributed by atoms with Crippen LogP contribution in [0.4, 0.5) is 0 Å². The van der Waals surface area contributed by atoms with Gasteiger partial charge in [0.15, 0.2) is 0 Å². The minimum Gasteiger partial charge on any atom is -0.481 e. The van der Waals surface area contributed by atoms with Crippen molar-refractivity contribution < 1.29 is 9.90 Å². The zero-order chi connectivity index (χ0) is 13.8. The predicted octanol–water partition coefficient (Wildman–Crippen LogP) is 2.93. The third kappa shape index (κ3) is 4.15. The van der Waals surface area contributed by atoms with Gasteiger partial charge in [0.05, 0.1) is 5.41 Å². The maximum atomic E-state index is 11.0. The average molecular weight is 249 g/mol. The first-order valence-electron chi connectivity index (χ1n) is 6.29. The Labute approximate surface area is 109 Å². The van der Waals surface area contributed by atoms with Crippen molar-refractivity contribution in [3.63, 3.8) is 0 Å². The Morgan fingerprint density at radius 1 is 1.33 bits per heavy atom. The maximum absolute atomic E-state index is 11.0. The fourth-order valence-electron chi connectivity index (χ4n) is 1.73. The van der Waals surface area contributed by atoms with E-state index in [4.69, 9.17) is 5.11 Å². The first kappa shape index (κ1) is 14.7. The molecule has 1 rings (SSSR count). The molecule has 1 aromatic rings. The quantitative estimate of drug-likeness (QED) is 0.842. The molecule has 0 aliphatic rings. The predicted molar refractivity (Wildman–Crippen MR) is 73.5 cm³/mol. The molecule has 0 aliphatic carbocycles. The van der Waals surface area contributed by atoms with E-state index in [-0.39, 0.29) is 0 Å². The Morgan fingerprint density at radius 2 is 1.94 bits per heavy atom. The monoisotopic (exact) mass is 249 g/mol. The van der Waals surface area contributed by atoms with Gasteiger partial charge in [0.1, 0.15) is 0 Å². The molecule has 3 nitrogen and oxygen atoms in total. The van der Waals surface area contributed by atoms with E-state index in [1.165, 1.54) is 11.1 Å². The summed E-state index contributed by atoms with van der Waals surface area (Å²) in [5.41, 5.74) is 1.93. The number of benzene rings is 1. The van der Waals surface area contributed by atoms with Crippen LogP contribution in [0.3, 0.4) is 0 Å². The van der Waals surface area contributed by atoms with Crippen LogP contribution in [0.1, 0.15) is 31.4 Å². The summed E-state index contributed by atoms with van der Waals surface area (Å²) in [5.74, 6) is -0.730. The molecule has 0 spiro atoms. The lowest BCUT2D eigenvalue weighted by Gasteiger charge is -2.24. The summed E-state index contributed by atoms with van der Waals surface area (Å²) in [5, 5.41) is 9.07. The van der Waals surface area contributed by atoms with Crippen molar-refractivity contribution in [3.05, 3.63) is 35.4 Å². The fourth-order valence-corrected chi connectivity index (χ4v) is 1.73. The number of carboxylic acid groups (broad SMARTS) is 1. The number of hydrogen-bond acceptors (Lipinski definition) is 2. The zero-order valence-electron chi connectivity index (χ0n) is 11.7. The number of carboxylic acids is 1. The van der Waals surface area contributed by atoms with Gasteiger partial charge >= 0.3 is 5.97 Å². The molecule has 18 heavy (non-hydrogen) atoms. The summed E-state index contributed by atoms with van der Waals surface area (Å²) in [7, 11) is 2.03. The highest BCUT2D eigenvalue weighted by Crippen LogP contribution is 2.21. The third-order valence-corrected chi connectivity index (χ3v) is 3.40. The lowest BCUT2D eigenvalue weighted by atomic mass is 9.89. The van der Waals surface area contributed by atoms with E-state index >= 15 is 0 Å². The van der Waals surface area contributed by atoms with E-state index in [9.17, 15) is 4.79 Å². The van der Waals surface area contributed by atoms with Gasteiger partial charge in [-0.05, 0) is 51.9 Å². The summed E-state index contributed by atoms with van der Waals surface area (Å²) >= 11 is 0. The average Bonchev–Trinajstić information content (AvgIpc) is 2.29. The SMILES string of the molecule is Cc1ccccc1CN(C)CCC(C)(C)C(=O)O. The smallest absolute Gasteiger partial charge is 0.309 e. The second-order valence-corrected chi connectivity index (χ2v) is 5.60. The van der Waals surface area contributed by atoms with E-state index < -0.39 is 11.4 Å². The van der Waals surface area contributed by atoms with Crippen LogP contribution < -0.4 is 0 Å². The van der Waals surface area contributed by atoms with Gasteiger partial charge in [-0.1, -0.05) is 24.3 Å². The van der Waals surface area contributed by atoms with Gasteiger partial charge in [0.25, 0.3) is 0 Å². The van der Waals surface area contributed by atoms with E-state index in [1.54, 1.807) is 13.8 Å². The van der Waals surface area contributed by atoms with Gasteiger partial charge in [-0.2, -0.15) is 0 Å². The van der Waals surface area contributed by atoms with E-state index in [1.807, 2.05) is 19.2 Å². The van der Waals surface area contributed by atoms with Gasteiger partial charge in [-0.15, -0.1) is 0 Å². The van der Waals surface area contributed by atoms with Crippen LogP contribution >= 0.6 is 0 Å². The minimum absolute atomic E-state index is 0.653. The summed E-state index contributed by atoms with van der Waals surface area (Å²) in [6, 6.07) is 8.29. The first-order chi connectivity index (χ1) is 8.33. The summed E-state index contributed by atoms with van der Waals surface area (Å²) in [6.07, 6.45) is 0.657. The van der Waals surface area contributed by atoms with Crippen molar-refractivity contribution >= 4 is 5.97 Å². The van der Waals surface area contributed by atoms with Crippen LogP contribution in [0.15, 0.2) is 24.3 Å². The summed E-state index contributed by atoms with van der Waals surface area (Å²) in [6.45, 7) is 7.30. The molecule has 0 amide bonds. The fraction of sp³-hybridized carbons (Fsp3) is 0.533. The highest BCUT2D eigenvalue weighted by atomic mass is 16.4. The molecule has 0 heterocycles. The Balaban J connectivity index is 2.50.